The summed E-state index contributed by atoms with van der Waals surface area (Å²) in [4.78, 5) is 25.7. The molecule has 0 bridgehead atoms. The van der Waals surface area contributed by atoms with E-state index in [2.05, 4.69) is 32.1 Å². The second-order valence-electron chi connectivity index (χ2n) is 6.23. The van der Waals surface area contributed by atoms with Crippen molar-refractivity contribution in [1.29, 1.82) is 0 Å². The number of aryl methyl sites for hydroxylation is 2. The van der Waals surface area contributed by atoms with Crippen molar-refractivity contribution in [3.63, 3.8) is 0 Å². The van der Waals surface area contributed by atoms with Crippen LogP contribution in [0.1, 0.15) is 26.9 Å². The number of rotatable bonds is 3. The maximum Gasteiger partial charge on any atom is 0.272 e. The zero-order valence-corrected chi connectivity index (χ0v) is 16.9. The Hall–Kier alpha value is -3.70. The number of anilines is 1. The van der Waals surface area contributed by atoms with E-state index in [1.54, 1.807) is 60.4 Å². The van der Waals surface area contributed by atoms with E-state index >= 15 is 0 Å². The molecule has 0 unspecified atom stereocenters. The monoisotopic (exact) mass is 403 g/mol. The summed E-state index contributed by atoms with van der Waals surface area (Å²) < 4.78 is 6.87. The van der Waals surface area contributed by atoms with Crippen molar-refractivity contribution in [2.75, 3.05) is 12.4 Å². The first-order valence-electron chi connectivity index (χ1n) is 8.75. The Bertz CT molecular complexity index is 1260. The molecule has 144 valence electrons. The molecule has 8 heteroatoms. The number of carbonyl (C=O) groups excluding carboxylic acids is 1. The molecule has 0 spiro atoms. The summed E-state index contributed by atoms with van der Waals surface area (Å²) in [6.07, 6.45) is 1.45. The molecule has 1 aromatic carbocycles. The van der Waals surface area contributed by atoms with E-state index in [0.29, 0.717) is 33.8 Å². The van der Waals surface area contributed by atoms with Gasteiger partial charge in [-0.1, -0.05) is 0 Å². The van der Waals surface area contributed by atoms with Crippen molar-refractivity contribution in [2.45, 2.75) is 6.92 Å². The van der Waals surface area contributed by atoms with Crippen LogP contribution in [-0.4, -0.2) is 32.5 Å². The molecule has 0 saturated carbocycles. The highest BCUT2D eigenvalue weighted by atomic mass is 32.1. The van der Waals surface area contributed by atoms with Gasteiger partial charge in [-0.05, 0) is 49.1 Å². The number of fused-ring (bicyclic) bond motifs is 1. The molecule has 1 amide bonds. The van der Waals surface area contributed by atoms with Crippen LogP contribution in [0.5, 0.6) is 5.75 Å². The average Bonchev–Trinajstić information content (AvgIpc) is 3.30. The third kappa shape index (κ3) is 3.81. The molecule has 0 aliphatic heterocycles. The summed E-state index contributed by atoms with van der Waals surface area (Å²) in [6.45, 7) is 1.93. The van der Waals surface area contributed by atoms with Crippen molar-refractivity contribution in [2.24, 2.45) is 7.05 Å². The van der Waals surface area contributed by atoms with Gasteiger partial charge in [-0.25, -0.2) is 15.0 Å². The van der Waals surface area contributed by atoms with Gasteiger partial charge in [0.25, 0.3) is 5.91 Å². The van der Waals surface area contributed by atoms with Crippen LogP contribution in [0.4, 0.5) is 5.69 Å². The standard InChI is InChI=1S/C21H17N5O2S/c1-13-24-15(11-29-13)6-9-18-17-10-19(26(2)20(17)23-12-22-18)21(27)25-14-4-7-16(28-3)8-5-14/h4-5,7-8,10-12H,1-3H3,(H,25,27). The van der Waals surface area contributed by atoms with Crippen molar-refractivity contribution < 1.29 is 9.53 Å². The van der Waals surface area contributed by atoms with E-state index in [1.165, 1.54) is 6.33 Å². The molecule has 1 N–H and O–H groups in total. The van der Waals surface area contributed by atoms with Crippen LogP contribution >= 0.6 is 11.3 Å². The maximum atomic E-state index is 12.8. The lowest BCUT2D eigenvalue weighted by Gasteiger charge is -2.07. The number of benzene rings is 1. The zero-order chi connectivity index (χ0) is 20.4. The second kappa shape index (κ2) is 7.73. The van der Waals surface area contributed by atoms with Crippen molar-refractivity contribution in [3.8, 4) is 17.6 Å². The number of ether oxygens (including phenoxy) is 1. The summed E-state index contributed by atoms with van der Waals surface area (Å²) in [5.74, 6) is 6.54. The smallest absolute Gasteiger partial charge is 0.272 e. The number of thiazole rings is 1. The summed E-state index contributed by atoms with van der Waals surface area (Å²) in [7, 11) is 3.39. The summed E-state index contributed by atoms with van der Waals surface area (Å²) >= 11 is 1.55. The van der Waals surface area contributed by atoms with Crippen LogP contribution in [0.15, 0.2) is 42.0 Å². The highest BCUT2D eigenvalue weighted by Gasteiger charge is 2.16. The van der Waals surface area contributed by atoms with Crippen LogP contribution in [0, 0.1) is 18.8 Å². The normalized spacial score (nSPS) is 10.4. The largest absolute Gasteiger partial charge is 0.497 e. The average molecular weight is 403 g/mol. The molecule has 3 aromatic heterocycles. The third-order valence-electron chi connectivity index (χ3n) is 4.33. The number of nitrogens with one attached hydrogen (secondary N) is 1. The number of methoxy groups -OCH3 is 1. The van der Waals surface area contributed by atoms with Gasteiger partial charge in [0.15, 0.2) is 0 Å². The fraction of sp³-hybridized carbons (Fsp3) is 0.143. The lowest BCUT2D eigenvalue weighted by atomic mass is 10.2. The first-order chi connectivity index (χ1) is 14.0. The number of hydrogen-bond acceptors (Lipinski definition) is 6. The SMILES string of the molecule is COc1ccc(NC(=O)c2cc3c(C#Cc4csc(C)n4)ncnc3n2C)cc1. The highest BCUT2D eigenvalue weighted by Crippen LogP contribution is 2.21. The summed E-state index contributed by atoms with van der Waals surface area (Å²) in [6, 6.07) is 8.90. The van der Waals surface area contributed by atoms with Gasteiger partial charge in [0.1, 0.15) is 34.8 Å². The van der Waals surface area contributed by atoms with E-state index in [9.17, 15) is 4.79 Å². The molecule has 4 rings (SSSR count). The van der Waals surface area contributed by atoms with E-state index in [4.69, 9.17) is 4.74 Å². The van der Waals surface area contributed by atoms with E-state index in [1.807, 2.05) is 12.3 Å². The minimum absolute atomic E-state index is 0.246. The second-order valence-corrected chi connectivity index (χ2v) is 7.29. The first-order valence-corrected chi connectivity index (χ1v) is 9.63. The van der Waals surface area contributed by atoms with Gasteiger partial charge in [0, 0.05) is 18.1 Å². The Kier molecular flexibility index (Phi) is 4.97. The van der Waals surface area contributed by atoms with Gasteiger partial charge in [-0.3, -0.25) is 4.79 Å². The molecule has 3 heterocycles. The van der Waals surface area contributed by atoms with Gasteiger partial charge in [0.05, 0.1) is 17.5 Å². The minimum Gasteiger partial charge on any atom is -0.497 e. The zero-order valence-electron chi connectivity index (χ0n) is 16.1. The van der Waals surface area contributed by atoms with E-state index in [0.717, 1.165) is 10.8 Å². The minimum atomic E-state index is -0.246. The van der Waals surface area contributed by atoms with Crippen LogP contribution in [0.25, 0.3) is 11.0 Å². The molecular weight excluding hydrogens is 386 g/mol. The predicted molar refractivity (Wildman–Crippen MR) is 112 cm³/mol. The van der Waals surface area contributed by atoms with Crippen LogP contribution in [-0.2, 0) is 7.05 Å². The maximum absolute atomic E-state index is 12.8. The highest BCUT2D eigenvalue weighted by molar-refractivity contribution is 7.09. The van der Waals surface area contributed by atoms with Crippen LogP contribution in [0.3, 0.4) is 0 Å². The molecule has 0 saturated heterocycles. The number of aromatic nitrogens is 4. The Labute approximate surface area is 171 Å². The van der Waals surface area contributed by atoms with Gasteiger partial charge in [0.2, 0.25) is 0 Å². The number of carbonyl (C=O) groups is 1. The van der Waals surface area contributed by atoms with Gasteiger partial charge in [-0.15, -0.1) is 11.3 Å². The van der Waals surface area contributed by atoms with Crippen molar-refractivity contribution >= 4 is 34.0 Å². The lowest BCUT2D eigenvalue weighted by Crippen LogP contribution is -2.15. The summed E-state index contributed by atoms with van der Waals surface area (Å²) in [5, 5.41) is 6.46. The molecule has 0 atom stereocenters. The molecular formula is C21H17N5O2S. The van der Waals surface area contributed by atoms with Gasteiger partial charge >= 0.3 is 0 Å². The van der Waals surface area contributed by atoms with E-state index < -0.39 is 0 Å². The molecule has 0 radical (unpaired) electrons. The number of nitrogens with zero attached hydrogens (tertiary/aromatic N) is 4. The Morgan fingerprint density at radius 3 is 2.69 bits per heavy atom. The summed E-state index contributed by atoms with van der Waals surface area (Å²) in [5.41, 5.74) is 3.03. The van der Waals surface area contributed by atoms with Gasteiger partial charge in [-0.2, -0.15) is 0 Å². The fourth-order valence-corrected chi connectivity index (χ4v) is 3.41. The molecule has 0 aliphatic rings. The molecule has 4 aromatic rings. The number of hydrogen-bond donors (Lipinski definition) is 1. The van der Waals surface area contributed by atoms with Crippen molar-refractivity contribution in [1.82, 2.24) is 19.5 Å². The fourth-order valence-electron chi connectivity index (χ4n) is 2.87. The van der Waals surface area contributed by atoms with E-state index in [-0.39, 0.29) is 5.91 Å². The van der Waals surface area contributed by atoms with Gasteiger partial charge < -0.3 is 14.6 Å². The van der Waals surface area contributed by atoms with Crippen molar-refractivity contribution in [3.05, 3.63) is 64.1 Å². The molecule has 7 nitrogen and oxygen atoms in total. The quantitative estimate of drug-likeness (QED) is 0.530. The van der Waals surface area contributed by atoms with Crippen LogP contribution < -0.4 is 10.1 Å². The Morgan fingerprint density at radius 2 is 2.00 bits per heavy atom. The Balaban J connectivity index is 1.66. The topological polar surface area (TPSA) is 81.9 Å². The molecule has 0 aliphatic carbocycles. The number of amides is 1. The first kappa shape index (κ1) is 18.7. The van der Waals surface area contributed by atoms with Crippen LogP contribution in [0.2, 0.25) is 0 Å². The third-order valence-corrected chi connectivity index (χ3v) is 5.11. The Morgan fingerprint density at radius 1 is 1.21 bits per heavy atom. The molecule has 29 heavy (non-hydrogen) atoms. The molecule has 0 fully saturated rings. The lowest BCUT2D eigenvalue weighted by molar-refractivity contribution is 0.101. The predicted octanol–water partition coefficient (Wildman–Crippen LogP) is 3.39.